The van der Waals surface area contributed by atoms with E-state index >= 15 is 0 Å². The molecule has 0 aliphatic heterocycles. The molecule has 0 bridgehead atoms. The van der Waals surface area contributed by atoms with Crippen LogP contribution in [0.1, 0.15) is 97.4 Å². The topological polar surface area (TPSA) is 57.0 Å². The highest BCUT2D eigenvalue weighted by molar-refractivity contribution is 5.69. The van der Waals surface area contributed by atoms with Gasteiger partial charge in [0.2, 0.25) is 0 Å². The Morgan fingerprint density at radius 1 is 1.05 bits per heavy atom. The van der Waals surface area contributed by atoms with Crippen molar-refractivity contribution in [2.45, 2.75) is 97.4 Å². The molecule has 5 nitrogen and oxygen atoms in total. The van der Waals surface area contributed by atoms with Crippen molar-refractivity contribution in [3.8, 4) is 11.3 Å². The maximum atomic E-state index is 11.9. The number of hydrogen-bond acceptors (Lipinski definition) is 4. The normalized spacial score (nSPS) is 39.1. The van der Waals surface area contributed by atoms with Gasteiger partial charge < -0.3 is 4.74 Å². The van der Waals surface area contributed by atoms with Crippen LogP contribution >= 0.6 is 0 Å². The van der Waals surface area contributed by atoms with E-state index in [1.807, 2.05) is 0 Å². The predicted molar refractivity (Wildman–Crippen MR) is 150 cm³/mol. The summed E-state index contributed by atoms with van der Waals surface area (Å²) in [4.78, 5) is 11.9. The number of aromatic nitrogens is 3. The van der Waals surface area contributed by atoms with E-state index in [-0.39, 0.29) is 5.97 Å². The molecule has 2 aromatic rings. The van der Waals surface area contributed by atoms with Gasteiger partial charge in [-0.05, 0) is 97.7 Å². The van der Waals surface area contributed by atoms with Crippen LogP contribution in [-0.2, 0) is 9.53 Å². The molecular formula is C33H47N3O2. The first-order chi connectivity index (χ1) is 18.3. The lowest BCUT2D eigenvalue weighted by Gasteiger charge is -2.62. The van der Waals surface area contributed by atoms with Crippen molar-refractivity contribution < 1.29 is 9.53 Å². The molecule has 1 aromatic carbocycles. The summed E-state index contributed by atoms with van der Waals surface area (Å²) in [5.41, 5.74) is 2.97. The molecular weight excluding hydrogens is 470 g/mol. The number of rotatable bonds is 6. The van der Waals surface area contributed by atoms with E-state index < -0.39 is 0 Å². The molecule has 1 aromatic heterocycles. The van der Waals surface area contributed by atoms with Crippen molar-refractivity contribution in [2.24, 2.45) is 46.3 Å². The first-order valence-corrected chi connectivity index (χ1v) is 15.4. The van der Waals surface area contributed by atoms with Crippen LogP contribution in [0, 0.1) is 46.3 Å². The van der Waals surface area contributed by atoms with Gasteiger partial charge in [0.25, 0.3) is 0 Å². The van der Waals surface area contributed by atoms with Gasteiger partial charge in [-0.1, -0.05) is 69.2 Å². The molecule has 0 amide bonds. The lowest BCUT2D eigenvalue weighted by Crippen LogP contribution is -2.56. The minimum Gasteiger partial charge on any atom is -0.469 e. The van der Waals surface area contributed by atoms with Crippen LogP contribution in [0.2, 0.25) is 0 Å². The van der Waals surface area contributed by atoms with Gasteiger partial charge in [0.1, 0.15) is 5.69 Å². The standard InChI is InChI=1S/C33H47N3O2/c1-22(13-16-30(37)38-4)25-14-15-26-31-27(17-19-33(25,26)3)32(2)18-9-8-12-24(32)20-29(31)36-21-28(34-35-36)23-10-6-5-7-11-23/h5-7,10-11,21-22,24-27,29,31H,8-9,12-20H2,1-4H3/t22-,24?,25-,26?,27?,29+,31?,32+,33-/m1/s1. The zero-order chi connectivity index (χ0) is 26.5. The fourth-order valence-corrected chi connectivity index (χ4v) is 10.3. The largest absolute Gasteiger partial charge is 0.469 e. The van der Waals surface area contributed by atoms with E-state index in [4.69, 9.17) is 9.95 Å². The Bertz CT molecular complexity index is 1130. The van der Waals surface area contributed by atoms with Crippen molar-refractivity contribution in [1.29, 1.82) is 0 Å². The number of esters is 1. The fraction of sp³-hybridized carbons (Fsp3) is 0.727. The molecule has 6 rings (SSSR count). The van der Waals surface area contributed by atoms with Gasteiger partial charge >= 0.3 is 5.97 Å². The summed E-state index contributed by atoms with van der Waals surface area (Å²) >= 11 is 0. The molecule has 4 aliphatic rings. The maximum absolute atomic E-state index is 11.9. The number of nitrogens with zero attached hydrogens (tertiary/aromatic N) is 3. The Labute approximate surface area is 229 Å². The Hall–Kier alpha value is -2.17. The van der Waals surface area contributed by atoms with Crippen LogP contribution in [0.15, 0.2) is 36.5 Å². The first-order valence-electron chi connectivity index (χ1n) is 15.4. The van der Waals surface area contributed by atoms with Gasteiger partial charge in [0.15, 0.2) is 0 Å². The average molecular weight is 518 g/mol. The van der Waals surface area contributed by atoms with E-state index in [9.17, 15) is 4.79 Å². The van der Waals surface area contributed by atoms with Gasteiger partial charge in [0, 0.05) is 12.0 Å². The molecule has 0 saturated heterocycles. The molecule has 4 saturated carbocycles. The molecule has 206 valence electrons. The highest BCUT2D eigenvalue weighted by Crippen LogP contribution is 2.70. The van der Waals surface area contributed by atoms with Gasteiger partial charge in [-0.15, -0.1) is 5.10 Å². The number of hydrogen-bond donors (Lipinski definition) is 0. The average Bonchev–Trinajstić information content (AvgIpc) is 3.56. The van der Waals surface area contributed by atoms with Crippen molar-refractivity contribution in [3.63, 3.8) is 0 Å². The quantitative estimate of drug-likeness (QED) is 0.368. The first kappa shape index (κ1) is 26.1. The Morgan fingerprint density at radius 3 is 2.63 bits per heavy atom. The summed E-state index contributed by atoms with van der Waals surface area (Å²) in [7, 11) is 1.51. The maximum Gasteiger partial charge on any atom is 0.305 e. The fourth-order valence-electron chi connectivity index (χ4n) is 10.3. The lowest BCUT2D eigenvalue weighted by atomic mass is 9.43. The summed E-state index contributed by atoms with van der Waals surface area (Å²) in [6.45, 7) is 7.67. The van der Waals surface area contributed by atoms with E-state index in [0.29, 0.717) is 41.0 Å². The smallest absolute Gasteiger partial charge is 0.305 e. The summed E-state index contributed by atoms with van der Waals surface area (Å²) in [5.74, 6) is 4.13. The summed E-state index contributed by atoms with van der Waals surface area (Å²) < 4.78 is 7.27. The van der Waals surface area contributed by atoms with Crippen LogP contribution < -0.4 is 0 Å². The third-order valence-electron chi connectivity index (χ3n) is 12.3. The van der Waals surface area contributed by atoms with Crippen LogP contribution in [-0.4, -0.2) is 28.1 Å². The monoisotopic (exact) mass is 517 g/mol. The van der Waals surface area contributed by atoms with E-state index in [1.54, 1.807) is 0 Å². The van der Waals surface area contributed by atoms with Crippen LogP contribution in [0.25, 0.3) is 11.3 Å². The van der Waals surface area contributed by atoms with Crippen LogP contribution in [0.3, 0.4) is 0 Å². The van der Waals surface area contributed by atoms with Gasteiger partial charge in [0.05, 0.1) is 19.3 Å². The molecule has 9 atom stereocenters. The highest BCUT2D eigenvalue weighted by atomic mass is 16.5. The third-order valence-corrected chi connectivity index (χ3v) is 12.3. The van der Waals surface area contributed by atoms with Crippen molar-refractivity contribution >= 4 is 5.97 Å². The number of fused-ring (bicyclic) bond motifs is 5. The molecule has 1 heterocycles. The summed E-state index contributed by atoms with van der Waals surface area (Å²) in [6.07, 6.45) is 15.9. The molecule has 0 spiro atoms. The van der Waals surface area contributed by atoms with Gasteiger partial charge in [-0.2, -0.15) is 0 Å². The number of benzene rings is 1. The molecule has 38 heavy (non-hydrogen) atoms. The zero-order valence-electron chi connectivity index (χ0n) is 23.9. The van der Waals surface area contributed by atoms with E-state index in [1.165, 1.54) is 64.9 Å². The molecule has 0 N–H and O–H groups in total. The summed E-state index contributed by atoms with van der Waals surface area (Å²) in [6, 6.07) is 11.0. The molecule has 0 radical (unpaired) electrons. The highest BCUT2D eigenvalue weighted by Gasteiger charge is 2.63. The SMILES string of the molecule is COC(=O)CC[C@@H](C)[C@H]1CCC2C3C(CC[C@@]21C)[C@@]1(C)CCCCC1C[C@@H]3n1cc(-c2ccccc2)nn1. The zero-order valence-corrected chi connectivity index (χ0v) is 23.9. The second-order valence-electron chi connectivity index (χ2n) is 13.8. The number of carbonyl (C=O) groups is 1. The van der Waals surface area contributed by atoms with Gasteiger partial charge in [-0.25, -0.2) is 4.68 Å². The Kier molecular flexibility index (Phi) is 6.93. The van der Waals surface area contributed by atoms with E-state index in [0.717, 1.165) is 35.4 Å². The number of ether oxygens (including phenoxy) is 1. The van der Waals surface area contributed by atoms with Gasteiger partial charge in [-0.3, -0.25) is 4.79 Å². The molecule has 4 unspecified atom stereocenters. The minimum atomic E-state index is -0.0655. The Balaban J connectivity index is 1.33. The van der Waals surface area contributed by atoms with Crippen molar-refractivity contribution in [1.82, 2.24) is 15.0 Å². The molecule has 4 aliphatic carbocycles. The number of methoxy groups -OCH3 is 1. The summed E-state index contributed by atoms with van der Waals surface area (Å²) in [5, 5.41) is 9.52. The Morgan fingerprint density at radius 2 is 1.84 bits per heavy atom. The van der Waals surface area contributed by atoms with E-state index in [2.05, 4.69) is 67.1 Å². The molecule has 5 heteroatoms. The minimum absolute atomic E-state index is 0.0655. The number of carbonyl (C=O) groups excluding carboxylic acids is 1. The second kappa shape index (κ2) is 10.1. The van der Waals surface area contributed by atoms with Crippen LogP contribution in [0.4, 0.5) is 0 Å². The predicted octanol–water partition coefficient (Wildman–Crippen LogP) is 7.73. The third kappa shape index (κ3) is 4.23. The van der Waals surface area contributed by atoms with Crippen molar-refractivity contribution in [2.75, 3.05) is 7.11 Å². The van der Waals surface area contributed by atoms with Crippen LogP contribution in [0.5, 0.6) is 0 Å². The second-order valence-corrected chi connectivity index (χ2v) is 13.8. The van der Waals surface area contributed by atoms with Crippen molar-refractivity contribution in [3.05, 3.63) is 36.5 Å². The lowest BCUT2D eigenvalue weighted by molar-refractivity contribution is -0.143. The molecule has 4 fully saturated rings.